The van der Waals surface area contributed by atoms with Crippen LogP contribution < -0.4 is 10.5 Å². The van der Waals surface area contributed by atoms with Crippen LogP contribution in [0.5, 0.6) is 0 Å². The third kappa shape index (κ3) is 3.93. The molecule has 112 valence electrons. The van der Waals surface area contributed by atoms with E-state index in [-0.39, 0.29) is 16.6 Å². The lowest BCUT2D eigenvalue weighted by Gasteiger charge is -2.16. The Morgan fingerprint density at radius 1 is 1.19 bits per heavy atom. The predicted octanol–water partition coefficient (Wildman–Crippen LogP) is 3.30. The highest BCUT2D eigenvalue weighted by atomic mass is 35.5. The Kier molecular flexibility index (Phi) is 4.51. The van der Waals surface area contributed by atoms with Gasteiger partial charge in [-0.1, -0.05) is 23.7 Å². The molecule has 0 heterocycles. The van der Waals surface area contributed by atoms with Gasteiger partial charge in [0.05, 0.1) is 10.6 Å². The van der Waals surface area contributed by atoms with E-state index in [1.54, 1.807) is 12.1 Å². The van der Waals surface area contributed by atoms with E-state index in [9.17, 15) is 12.8 Å². The van der Waals surface area contributed by atoms with E-state index in [4.69, 9.17) is 16.7 Å². The first-order valence-electron chi connectivity index (χ1n) is 6.12. The van der Waals surface area contributed by atoms with Gasteiger partial charge in [-0.2, -0.15) is 0 Å². The molecule has 2 aromatic rings. The maximum Gasteiger partial charge on any atom is 0.238 e. The van der Waals surface area contributed by atoms with Crippen molar-refractivity contribution in [2.45, 2.75) is 17.9 Å². The molecule has 0 aliphatic carbocycles. The van der Waals surface area contributed by atoms with Crippen molar-refractivity contribution in [3.63, 3.8) is 0 Å². The molecule has 0 aliphatic rings. The van der Waals surface area contributed by atoms with Crippen LogP contribution in [-0.2, 0) is 10.0 Å². The Hall–Kier alpha value is -1.63. The maximum absolute atomic E-state index is 13.9. The summed E-state index contributed by atoms with van der Waals surface area (Å²) in [6.45, 7) is 1.86. The summed E-state index contributed by atoms with van der Waals surface area (Å²) in [5.41, 5.74) is 1.12. The summed E-state index contributed by atoms with van der Waals surface area (Å²) in [6, 6.07) is 10.5. The molecule has 0 bridgehead atoms. The van der Waals surface area contributed by atoms with Crippen molar-refractivity contribution in [2.75, 3.05) is 5.32 Å². The molecule has 7 heteroatoms. The molecule has 2 aromatic carbocycles. The van der Waals surface area contributed by atoms with Crippen molar-refractivity contribution in [2.24, 2.45) is 5.14 Å². The minimum atomic E-state index is -3.91. The molecule has 3 N–H and O–H groups in total. The number of nitrogens with one attached hydrogen (secondary N) is 1. The zero-order valence-electron chi connectivity index (χ0n) is 11.2. The number of primary sulfonamides is 1. The Morgan fingerprint density at radius 3 is 2.33 bits per heavy atom. The van der Waals surface area contributed by atoms with Crippen LogP contribution in [0.15, 0.2) is 47.4 Å². The monoisotopic (exact) mass is 328 g/mol. The van der Waals surface area contributed by atoms with E-state index in [1.807, 2.05) is 19.1 Å². The van der Waals surface area contributed by atoms with Gasteiger partial charge in [0, 0.05) is 11.1 Å². The predicted molar refractivity (Wildman–Crippen MR) is 81.3 cm³/mol. The molecule has 21 heavy (non-hydrogen) atoms. The fourth-order valence-corrected chi connectivity index (χ4v) is 2.51. The van der Waals surface area contributed by atoms with E-state index in [0.717, 1.165) is 11.6 Å². The van der Waals surface area contributed by atoms with Gasteiger partial charge in [0.2, 0.25) is 10.0 Å². The highest BCUT2D eigenvalue weighted by molar-refractivity contribution is 7.89. The minimum absolute atomic E-state index is 0.169. The Labute approximate surface area is 127 Å². The van der Waals surface area contributed by atoms with Gasteiger partial charge in [-0.25, -0.2) is 17.9 Å². The Morgan fingerprint density at radius 2 is 1.81 bits per heavy atom. The third-order valence-corrected chi connectivity index (χ3v) is 4.17. The first kappa shape index (κ1) is 15.8. The number of hydrogen-bond donors (Lipinski definition) is 2. The summed E-state index contributed by atoms with van der Waals surface area (Å²) >= 11 is 5.81. The fourth-order valence-electron chi connectivity index (χ4n) is 1.86. The van der Waals surface area contributed by atoms with Crippen LogP contribution in [0.25, 0.3) is 0 Å². The van der Waals surface area contributed by atoms with Gasteiger partial charge in [-0.15, -0.1) is 0 Å². The van der Waals surface area contributed by atoms with Gasteiger partial charge in [-0.3, -0.25) is 0 Å². The lowest BCUT2D eigenvalue weighted by molar-refractivity contribution is 0.592. The summed E-state index contributed by atoms with van der Waals surface area (Å²) in [5, 5.41) is 8.55. The molecule has 0 saturated heterocycles. The van der Waals surface area contributed by atoms with Gasteiger partial charge >= 0.3 is 0 Å². The van der Waals surface area contributed by atoms with E-state index in [2.05, 4.69) is 5.32 Å². The lowest BCUT2D eigenvalue weighted by atomic mass is 10.1. The molecule has 0 fully saturated rings. The Balaban J connectivity index is 2.22. The van der Waals surface area contributed by atoms with Crippen LogP contribution in [0.4, 0.5) is 10.1 Å². The molecule has 0 saturated carbocycles. The summed E-state index contributed by atoms with van der Waals surface area (Å²) in [7, 11) is -3.91. The van der Waals surface area contributed by atoms with Crippen LogP contribution >= 0.6 is 11.6 Å². The third-order valence-electron chi connectivity index (χ3n) is 3.01. The highest BCUT2D eigenvalue weighted by Gasteiger charge is 2.13. The molecule has 0 aliphatic heterocycles. The van der Waals surface area contributed by atoms with Gasteiger partial charge in [-0.05, 0) is 42.8 Å². The van der Waals surface area contributed by atoms with E-state index < -0.39 is 15.8 Å². The summed E-state index contributed by atoms with van der Waals surface area (Å²) in [4.78, 5) is -0.260. The first-order valence-corrected chi connectivity index (χ1v) is 8.04. The molecule has 0 spiro atoms. The molecule has 0 radical (unpaired) electrons. The second-order valence-corrected chi connectivity index (χ2v) is 6.60. The van der Waals surface area contributed by atoms with Crippen LogP contribution in [-0.4, -0.2) is 8.42 Å². The quantitative estimate of drug-likeness (QED) is 0.904. The van der Waals surface area contributed by atoms with Crippen LogP contribution in [0, 0.1) is 5.82 Å². The fraction of sp³-hybridized carbons (Fsp3) is 0.143. The second-order valence-electron chi connectivity index (χ2n) is 4.60. The van der Waals surface area contributed by atoms with Gasteiger partial charge in [0.25, 0.3) is 0 Å². The number of benzene rings is 2. The van der Waals surface area contributed by atoms with Crippen molar-refractivity contribution in [1.29, 1.82) is 0 Å². The summed E-state index contributed by atoms with van der Waals surface area (Å²) < 4.78 is 36.2. The average Bonchev–Trinajstić information content (AvgIpc) is 2.40. The molecule has 0 aromatic heterocycles. The maximum atomic E-state index is 13.9. The topological polar surface area (TPSA) is 72.2 Å². The summed E-state index contributed by atoms with van der Waals surface area (Å²) in [6.07, 6.45) is 0. The second kappa shape index (κ2) is 6.01. The van der Waals surface area contributed by atoms with Gasteiger partial charge in [0.15, 0.2) is 0 Å². The van der Waals surface area contributed by atoms with Crippen molar-refractivity contribution in [1.82, 2.24) is 0 Å². The first-order chi connectivity index (χ1) is 9.77. The van der Waals surface area contributed by atoms with E-state index in [1.165, 1.54) is 12.1 Å². The minimum Gasteiger partial charge on any atom is -0.376 e. The number of anilines is 1. The molecule has 0 amide bonds. The zero-order valence-corrected chi connectivity index (χ0v) is 12.7. The average molecular weight is 329 g/mol. The molecular weight excluding hydrogens is 315 g/mol. The number of hydrogen-bond acceptors (Lipinski definition) is 3. The molecule has 1 atom stereocenters. The molecular formula is C14H14ClFN2O2S. The molecule has 4 nitrogen and oxygen atoms in total. The summed E-state index contributed by atoms with van der Waals surface area (Å²) in [5.74, 6) is -0.678. The number of rotatable bonds is 4. The van der Waals surface area contributed by atoms with Crippen LogP contribution in [0.2, 0.25) is 5.02 Å². The molecule has 2 rings (SSSR count). The lowest BCUT2D eigenvalue weighted by Crippen LogP contribution is -2.13. The van der Waals surface area contributed by atoms with Crippen molar-refractivity contribution in [3.8, 4) is 0 Å². The SMILES string of the molecule is CC(Nc1ccc(S(N)(=O)=O)cc1F)c1ccc(Cl)cc1. The number of nitrogens with two attached hydrogens (primary N) is 1. The zero-order chi connectivity index (χ0) is 15.6. The number of sulfonamides is 1. The highest BCUT2D eigenvalue weighted by Crippen LogP contribution is 2.24. The number of halogens is 2. The van der Waals surface area contributed by atoms with Crippen molar-refractivity contribution >= 4 is 27.3 Å². The van der Waals surface area contributed by atoms with Gasteiger partial charge < -0.3 is 5.32 Å². The van der Waals surface area contributed by atoms with E-state index in [0.29, 0.717) is 5.02 Å². The van der Waals surface area contributed by atoms with Gasteiger partial charge in [0.1, 0.15) is 5.82 Å². The largest absolute Gasteiger partial charge is 0.376 e. The van der Waals surface area contributed by atoms with Crippen molar-refractivity contribution < 1.29 is 12.8 Å². The van der Waals surface area contributed by atoms with E-state index >= 15 is 0 Å². The smallest absolute Gasteiger partial charge is 0.238 e. The standard InChI is InChI=1S/C14H14ClFN2O2S/c1-9(10-2-4-11(15)5-3-10)18-14-7-6-12(8-13(14)16)21(17,19)20/h2-9,18H,1H3,(H2,17,19,20). The van der Waals surface area contributed by atoms with Crippen LogP contribution in [0.1, 0.15) is 18.5 Å². The van der Waals surface area contributed by atoms with Crippen LogP contribution in [0.3, 0.4) is 0 Å². The van der Waals surface area contributed by atoms with Crippen molar-refractivity contribution in [3.05, 3.63) is 58.9 Å². The Bertz CT molecular complexity index is 748. The normalized spacial score (nSPS) is 13.0. The molecule has 1 unspecified atom stereocenters.